The van der Waals surface area contributed by atoms with Gasteiger partial charge >= 0.3 is 0 Å². The summed E-state index contributed by atoms with van der Waals surface area (Å²) in [6, 6.07) is 41.9. The van der Waals surface area contributed by atoms with Crippen LogP contribution in [0.4, 0.5) is 11.4 Å². The number of amides is 2. The summed E-state index contributed by atoms with van der Waals surface area (Å²) in [5.74, 6) is 0.637. The lowest BCUT2D eigenvalue weighted by Gasteiger charge is -2.20. The normalized spacial score (nSPS) is 11.6. The van der Waals surface area contributed by atoms with E-state index in [1.54, 1.807) is 0 Å². The summed E-state index contributed by atoms with van der Waals surface area (Å²) in [5, 5.41) is 42.6. The quantitative estimate of drug-likeness (QED) is 0.0429. The molecule has 12 nitrogen and oxygen atoms in total. The zero-order chi connectivity index (χ0) is 44.7. The van der Waals surface area contributed by atoms with Crippen LogP contribution in [0.15, 0.2) is 133 Å². The molecule has 1 aliphatic carbocycles. The van der Waals surface area contributed by atoms with Crippen molar-refractivity contribution in [1.29, 1.82) is 0 Å². The number of nitrogens with one attached hydrogen (secondary N) is 6. The van der Waals surface area contributed by atoms with Crippen molar-refractivity contribution in [3.8, 4) is 23.0 Å². The van der Waals surface area contributed by atoms with Gasteiger partial charge in [0.05, 0.1) is 0 Å². The van der Waals surface area contributed by atoms with Crippen molar-refractivity contribution in [3.05, 3.63) is 178 Å². The van der Waals surface area contributed by atoms with Gasteiger partial charge in [0, 0.05) is 63.2 Å². The van der Waals surface area contributed by atoms with Gasteiger partial charge in [0.25, 0.3) is 11.8 Å². The van der Waals surface area contributed by atoms with Crippen LogP contribution in [0.1, 0.15) is 44.5 Å². The first-order valence-corrected chi connectivity index (χ1v) is 21.8. The van der Waals surface area contributed by atoms with Crippen molar-refractivity contribution in [1.82, 2.24) is 21.3 Å². The SMILES string of the molecule is O=C(COc1c2cccc1Cc1cccc(c1O)Cc1cccc(c1OCC(=O)NCCNC(=S)Nc1ccccc1)Cc1cccc(c1O)C2)NCCNC(=S)Nc1ccccc1. The van der Waals surface area contributed by atoms with E-state index >= 15 is 0 Å². The highest BCUT2D eigenvalue weighted by atomic mass is 32.1. The molecule has 1 aliphatic rings. The molecule has 0 atom stereocenters. The predicted molar refractivity (Wildman–Crippen MR) is 259 cm³/mol. The first-order chi connectivity index (χ1) is 31.2. The predicted octanol–water partition coefficient (Wildman–Crippen LogP) is 6.74. The summed E-state index contributed by atoms with van der Waals surface area (Å²) >= 11 is 10.8. The lowest BCUT2D eigenvalue weighted by atomic mass is 9.91. The fourth-order valence-corrected chi connectivity index (χ4v) is 7.85. The number of para-hydroxylation sites is 6. The number of hydrogen-bond acceptors (Lipinski definition) is 8. The van der Waals surface area contributed by atoms with Gasteiger partial charge in [0.15, 0.2) is 23.4 Å². The fraction of sp³-hybridized carbons (Fsp3) is 0.200. The van der Waals surface area contributed by atoms with Crippen LogP contribution < -0.4 is 41.4 Å². The molecular weight excluding hydrogens is 845 g/mol. The molecule has 0 aromatic heterocycles. The molecule has 0 aliphatic heterocycles. The van der Waals surface area contributed by atoms with Crippen LogP contribution in [0.3, 0.4) is 0 Å². The molecule has 0 heterocycles. The van der Waals surface area contributed by atoms with Crippen molar-refractivity contribution in [2.24, 2.45) is 0 Å². The third-order valence-corrected chi connectivity index (χ3v) is 11.0. The van der Waals surface area contributed by atoms with Crippen LogP contribution >= 0.6 is 24.4 Å². The molecule has 6 aromatic carbocycles. The molecule has 0 saturated heterocycles. The number of hydrogen-bond donors (Lipinski definition) is 8. The number of carbonyl (C=O) groups excluding carboxylic acids is 2. The molecule has 0 radical (unpaired) electrons. The van der Waals surface area contributed by atoms with Gasteiger partial charge in [-0.25, -0.2) is 0 Å². The van der Waals surface area contributed by atoms with Gasteiger partial charge in [0.2, 0.25) is 0 Å². The van der Waals surface area contributed by atoms with E-state index in [-0.39, 0.29) is 36.5 Å². The lowest BCUT2D eigenvalue weighted by Crippen LogP contribution is -2.38. The maximum absolute atomic E-state index is 13.1. The molecule has 6 aromatic rings. The molecule has 8 bridgehead atoms. The van der Waals surface area contributed by atoms with Gasteiger partial charge in [0.1, 0.15) is 23.0 Å². The molecular formula is C50H50N6O6S2. The number of carbonyl (C=O) groups is 2. The van der Waals surface area contributed by atoms with E-state index in [0.717, 1.165) is 33.6 Å². The number of thiocarbonyl (C=S) groups is 2. The highest BCUT2D eigenvalue weighted by molar-refractivity contribution is 7.80. The number of aromatic hydroxyl groups is 2. The second-order valence-electron chi connectivity index (χ2n) is 15.1. The van der Waals surface area contributed by atoms with Crippen molar-refractivity contribution in [3.63, 3.8) is 0 Å². The highest BCUT2D eigenvalue weighted by Crippen LogP contribution is 2.38. The molecule has 328 valence electrons. The second kappa shape index (κ2) is 22.3. The number of benzene rings is 6. The van der Waals surface area contributed by atoms with Gasteiger partial charge in [-0.3, -0.25) is 9.59 Å². The summed E-state index contributed by atoms with van der Waals surface area (Å²) in [6.07, 6.45) is 1.21. The van der Waals surface area contributed by atoms with Crippen molar-refractivity contribution < 1.29 is 29.3 Å². The molecule has 0 unspecified atom stereocenters. The molecule has 0 spiro atoms. The first kappa shape index (κ1) is 44.9. The van der Waals surface area contributed by atoms with E-state index in [2.05, 4.69) is 31.9 Å². The number of rotatable bonds is 14. The topological polar surface area (TPSA) is 165 Å². The minimum Gasteiger partial charge on any atom is -0.507 e. The lowest BCUT2D eigenvalue weighted by molar-refractivity contribution is -0.123. The summed E-state index contributed by atoms with van der Waals surface area (Å²) in [6.45, 7) is 0.956. The van der Waals surface area contributed by atoms with Crippen LogP contribution in [-0.2, 0) is 35.3 Å². The molecule has 7 rings (SSSR count). The van der Waals surface area contributed by atoms with Gasteiger partial charge in [-0.1, -0.05) is 109 Å². The maximum Gasteiger partial charge on any atom is 0.258 e. The summed E-state index contributed by atoms with van der Waals surface area (Å²) in [4.78, 5) is 26.2. The summed E-state index contributed by atoms with van der Waals surface area (Å²) < 4.78 is 12.6. The van der Waals surface area contributed by atoms with Crippen molar-refractivity contribution >= 4 is 57.8 Å². The first-order valence-electron chi connectivity index (χ1n) is 21.0. The largest absolute Gasteiger partial charge is 0.507 e. The van der Waals surface area contributed by atoms with Gasteiger partial charge in [-0.15, -0.1) is 0 Å². The Labute approximate surface area is 383 Å². The van der Waals surface area contributed by atoms with E-state index in [4.69, 9.17) is 33.9 Å². The molecule has 2 amide bonds. The van der Waals surface area contributed by atoms with E-state index in [9.17, 15) is 19.8 Å². The third kappa shape index (κ3) is 12.5. The molecule has 0 fully saturated rings. The Morgan fingerprint density at radius 1 is 0.422 bits per heavy atom. The number of anilines is 2. The van der Waals surface area contributed by atoms with Gasteiger partial charge < -0.3 is 51.6 Å². The molecule has 64 heavy (non-hydrogen) atoms. The van der Waals surface area contributed by atoms with Crippen LogP contribution in [0.25, 0.3) is 0 Å². The van der Waals surface area contributed by atoms with Crippen LogP contribution in [0.5, 0.6) is 23.0 Å². The van der Waals surface area contributed by atoms with E-state index < -0.39 is 0 Å². The van der Waals surface area contributed by atoms with Gasteiger partial charge in [-0.2, -0.15) is 0 Å². The Morgan fingerprint density at radius 2 is 0.719 bits per heavy atom. The molecule has 0 saturated carbocycles. The summed E-state index contributed by atoms with van der Waals surface area (Å²) in [7, 11) is 0. The number of phenolic OH excluding ortho intramolecular Hbond substituents is 2. The van der Waals surface area contributed by atoms with E-state index in [1.165, 1.54) is 0 Å². The number of phenols is 2. The Hall–Kier alpha value is -7.16. The zero-order valence-electron chi connectivity index (χ0n) is 35.1. The monoisotopic (exact) mass is 894 g/mol. The minimum atomic E-state index is -0.313. The Bertz CT molecular complexity index is 2330. The molecule has 14 heteroatoms. The average molecular weight is 895 g/mol. The van der Waals surface area contributed by atoms with E-state index in [1.807, 2.05) is 133 Å². The van der Waals surface area contributed by atoms with Crippen LogP contribution in [0.2, 0.25) is 0 Å². The third-order valence-electron chi connectivity index (χ3n) is 10.5. The van der Waals surface area contributed by atoms with Crippen LogP contribution in [0, 0.1) is 0 Å². The smallest absolute Gasteiger partial charge is 0.258 e. The Kier molecular flexibility index (Phi) is 15.6. The Morgan fingerprint density at radius 3 is 1.05 bits per heavy atom. The van der Waals surface area contributed by atoms with E-state index in [0.29, 0.717) is 95.8 Å². The number of fused-ring (bicyclic) bond motifs is 8. The van der Waals surface area contributed by atoms with Gasteiger partial charge in [-0.05, 0) is 93.2 Å². The second-order valence-corrected chi connectivity index (χ2v) is 16.0. The summed E-state index contributed by atoms with van der Waals surface area (Å²) in [5.41, 5.74) is 7.44. The maximum atomic E-state index is 13.1. The fourth-order valence-electron chi connectivity index (χ4n) is 7.41. The van der Waals surface area contributed by atoms with Crippen molar-refractivity contribution in [2.75, 3.05) is 50.0 Å². The number of ether oxygens (including phenoxy) is 2. The highest BCUT2D eigenvalue weighted by Gasteiger charge is 2.21. The Balaban J connectivity index is 1.05. The minimum absolute atomic E-state index is 0.125. The zero-order valence-corrected chi connectivity index (χ0v) is 36.7. The average Bonchev–Trinajstić information content (AvgIpc) is 3.29. The molecule has 8 N–H and O–H groups in total. The standard InChI is InChI=1S/C50H50N6O6S2/c57-43(51-23-25-53-49(63)55-41-19-3-1-4-20-41)31-61-47-37-15-9-16-38(47)28-34-12-8-14-36(46(34)60)30-40-18-10-17-39(29-35-13-7-11-33(27-37)45(35)59)48(40)62-32-44(58)52-24-26-54-50(64)56-42-21-5-2-6-22-42/h1-22,59-60H,23-32H2,(H,51,57)(H,52,58)(H2,53,55,63)(H2,54,56,64). The van der Waals surface area contributed by atoms with Crippen LogP contribution in [-0.4, -0.2) is 71.6 Å². The van der Waals surface area contributed by atoms with Crippen molar-refractivity contribution in [2.45, 2.75) is 25.7 Å².